The van der Waals surface area contributed by atoms with Crippen LogP contribution in [0.1, 0.15) is 19.3 Å². The van der Waals surface area contributed by atoms with Gasteiger partial charge in [0.2, 0.25) is 5.91 Å². The normalized spacial score (nSPS) is 17.6. The van der Waals surface area contributed by atoms with Crippen LogP contribution in [0, 0.1) is 11.3 Å². The Morgan fingerprint density at radius 2 is 2.36 bits per heavy atom. The van der Waals surface area contributed by atoms with Crippen LogP contribution in [-0.4, -0.2) is 45.2 Å². The van der Waals surface area contributed by atoms with Crippen molar-refractivity contribution >= 4 is 33.7 Å². The van der Waals surface area contributed by atoms with E-state index < -0.39 is 0 Å². The summed E-state index contributed by atoms with van der Waals surface area (Å²) in [6.45, 7) is 1.53. The Hall–Kier alpha value is -3.21. The summed E-state index contributed by atoms with van der Waals surface area (Å²) in [6.07, 6.45) is 5.32. The molecular formula is C17H17N7O. The van der Waals surface area contributed by atoms with Gasteiger partial charge in [-0.05, 0) is 25.0 Å². The number of piperidine rings is 1. The third kappa shape index (κ3) is 2.85. The number of carbonyl (C=O) groups is 1. The van der Waals surface area contributed by atoms with Crippen molar-refractivity contribution in [3.63, 3.8) is 0 Å². The number of anilines is 1. The first kappa shape index (κ1) is 15.3. The zero-order valence-electron chi connectivity index (χ0n) is 13.6. The minimum absolute atomic E-state index is 0.0168. The van der Waals surface area contributed by atoms with Crippen molar-refractivity contribution in [2.45, 2.75) is 25.3 Å². The van der Waals surface area contributed by atoms with E-state index in [0.717, 1.165) is 47.1 Å². The number of nitrogens with one attached hydrogen (secondary N) is 2. The van der Waals surface area contributed by atoms with E-state index in [1.54, 1.807) is 6.20 Å². The predicted molar refractivity (Wildman–Crippen MR) is 92.8 cm³/mol. The molecule has 25 heavy (non-hydrogen) atoms. The molecule has 1 atom stereocenters. The molecule has 4 rings (SSSR count). The van der Waals surface area contributed by atoms with E-state index in [9.17, 15) is 4.79 Å². The largest absolute Gasteiger partial charge is 0.354 e. The van der Waals surface area contributed by atoms with Crippen LogP contribution >= 0.6 is 0 Å². The number of nitrogens with zero attached hydrogens (tertiary/aromatic N) is 5. The highest BCUT2D eigenvalue weighted by Gasteiger charge is 2.24. The minimum Gasteiger partial charge on any atom is -0.354 e. The first-order valence-corrected chi connectivity index (χ1v) is 8.26. The number of H-pyrrole nitrogens is 1. The molecule has 0 bridgehead atoms. The van der Waals surface area contributed by atoms with Crippen LogP contribution in [-0.2, 0) is 4.79 Å². The molecule has 2 N–H and O–H groups in total. The van der Waals surface area contributed by atoms with E-state index in [1.165, 1.54) is 0 Å². The topological polar surface area (TPSA) is 111 Å². The molecule has 1 saturated heterocycles. The molecule has 3 aromatic heterocycles. The Kier molecular flexibility index (Phi) is 3.90. The SMILES string of the molecule is N#CCC(=O)NC1CCCN(c2nccc3nnc4[nH]ccc4c23)C1. The molecule has 0 radical (unpaired) electrons. The second-order valence-electron chi connectivity index (χ2n) is 6.16. The second kappa shape index (κ2) is 6.36. The number of fused-ring (bicyclic) bond motifs is 3. The van der Waals surface area contributed by atoms with Gasteiger partial charge in [-0.25, -0.2) is 4.98 Å². The number of aromatic nitrogens is 4. The number of rotatable bonds is 3. The fourth-order valence-corrected chi connectivity index (χ4v) is 3.41. The van der Waals surface area contributed by atoms with E-state index in [-0.39, 0.29) is 18.4 Å². The summed E-state index contributed by atoms with van der Waals surface area (Å²) in [6, 6.07) is 5.74. The smallest absolute Gasteiger partial charge is 0.234 e. The van der Waals surface area contributed by atoms with E-state index in [4.69, 9.17) is 5.26 Å². The molecule has 3 aromatic rings. The summed E-state index contributed by atoms with van der Waals surface area (Å²) in [5.41, 5.74) is 1.53. The lowest BCUT2D eigenvalue weighted by molar-refractivity contribution is -0.120. The Balaban J connectivity index is 1.68. The molecular weight excluding hydrogens is 318 g/mol. The molecule has 0 aliphatic carbocycles. The van der Waals surface area contributed by atoms with Crippen molar-refractivity contribution in [2.24, 2.45) is 0 Å². The van der Waals surface area contributed by atoms with Crippen molar-refractivity contribution < 1.29 is 4.79 Å². The number of carbonyl (C=O) groups excluding carboxylic acids is 1. The lowest BCUT2D eigenvalue weighted by Gasteiger charge is -2.34. The number of pyridine rings is 1. The number of hydrogen-bond donors (Lipinski definition) is 2. The Bertz CT molecular complexity index is 974. The summed E-state index contributed by atoms with van der Waals surface area (Å²) in [4.78, 5) is 21.6. The fraction of sp³-hybridized carbons (Fsp3) is 0.353. The molecule has 8 nitrogen and oxygen atoms in total. The monoisotopic (exact) mass is 335 g/mol. The maximum Gasteiger partial charge on any atom is 0.234 e. The molecule has 8 heteroatoms. The fourth-order valence-electron chi connectivity index (χ4n) is 3.41. The van der Waals surface area contributed by atoms with E-state index >= 15 is 0 Å². The van der Waals surface area contributed by atoms with Crippen LogP contribution in [0.25, 0.3) is 21.9 Å². The molecule has 126 valence electrons. The van der Waals surface area contributed by atoms with Crippen LogP contribution in [0.4, 0.5) is 5.82 Å². The second-order valence-corrected chi connectivity index (χ2v) is 6.16. The van der Waals surface area contributed by atoms with Crippen LogP contribution in [0.5, 0.6) is 0 Å². The van der Waals surface area contributed by atoms with Crippen LogP contribution in [0.2, 0.25) is 0 Å². The summed E-state index contributed by atoms with van der Waals surface area (Å²) in [5, 5.41) is 22.0. The Morgan fingerprint density at radius 3 is 3.24 bits per heavy atom. The van der Waals surface area contributed by atoms with Crippen LogP contribution in [0.15, 0.2) is 24.5 Å². The highest BCUT2D eigenvalue weighted by atomic mass is 16.1. The van der Waals surface area contributed by atoms with Gasteiger partial charge in [-0.1, -0.05) is 0 Å². The van der Waals surface area contributed by atoms with Gasteiger partial charge in [-0.15, -0.1) is 10.2 Å². The van der Waals surface area contributed by atoms with Crippen LogP contribution in [0.3, 0.4) is 0 Å². The van der Waals surface area contributed by atoms with Crippen molar-refractivity contribution in [1.29, 1.82) is 5.26 Å². The van der Waals surface area contributed by atoms with Gasteiger partial charge in [0.15, 0.2) is 5.65 Å². The summed E-state index contributed by atoms with van der Waals surface area (Å²) in [5.74, 6) is 0.635. The van der Waals surface area contributed by atoms with Gasteiger partial charge < -0.3 is 15.2 Å². The van der Waals surface area contributed by atoms with E-state index in [1.807, 2.05) is 24.4 Å². The molecule has 1 unspecified atom stereocenters. The van der Waals surface area contributed by atoms with E-state index in [0.29, 0.717) is 6.54 Å². The third-order valence-electron chi connectivity index (χ3n) is 4.49. The number of aromatic amines is 1. The van der Waals surface area contributed by atoms with Gasteiger partial charge >= 0.3 is 0 Å². The van der Waals surface area contributed by atoms with Crippen LogP contribution < -0.4 is 10.2 Å². The maximum absolute atomic E-state index is 11.7. The summed E-state index contributed by atoms with van der Waals surface area (Å²) >= 11 is 0. The predicted octanol–water partition coefficient (Wildman–Crippen LogP) is 1.50. The number of nitriles is 1. The van der Waals surface area contributed by atoms with Gasteiger partial charge in [0.1, 0.15) is 12.2 Å². The highest BCUT2D eigenvalue weighted by molar-refractivity contribution is 6.08. The third-order valence-corrected chi connectivity index (χ3v) is 4.49. The average Bonchev–Trinajstić information content (AvgIpc) is 3.10. The average molecular weight is 335 g/mol. The molecule has 1 aliphatic rings. The first-order valence-electron chi connectivity index (χ1n) is 8.26. The number of amides is 1. The van der Waals surface area contributed by atoms with E-state index in [2.05, 4.69) is 30.4 Å². The molecule has 1 fully saturated rings. The summed E-state index contributed by atoms with van der Waals surface area (Å²) < 4.78 is 0. The highest BCUT2D eigenvalue weighted by Crippen LogP contribution is 2.30. The maximum atomic E-state index is 11.7. The van der Waals surface area contributed by atoms with Crippen molar-refractivity contribution in [2.75, 3.05) is 18.0 Å². The molecule has 0 spiro atoms. The van der Waals surface area contributed by atoms with Gasteiger partial charge in [0, 0.05) is 36.9 Å². The molecule has 0 aromatic carbocycles. The zero-order valence-corrected chi connectivity index (χ0v) is 13.6. The Morgan fingerprint density at radius 1 is 1.44 bits per heavy atom. The minimum atomic E-state index is -0.223. The molecule has 1 amide bonds. The molecule has 4 heterocycles. The standard InChI is InChI=1S/C17H17N7O/c18-6-3-14(25)21-11-2-1-9-24(10-11)17-15-12-4-7-19-16(12)23-22-13(15)5-8-20-17/h4-5,7-8,11H,1-3,9-10H2,(H,19,23)(H,21,25). The van der Waals surface area contributed by atoms with Crippen molar-refractivity contribution in [1.82, 2.24) is 25.5 Å². The zero-order chi connectivity index (χ0) is 17.2. The summed E-state index contributed by atoms with van der Waals surface area (Å²) in [7, 11) is 0. The molecule has 1 aliphatic heterocycles. The molecule has 0 saturated carbocycles. The van der Waals surface area contributed by atoms with Crippen molar-refractivity contribution in [3.8, 4) is 6.07 Å². The lowest BCUT2D eigenvalue weighted by atomic mass is 10.0. The van der Waals surface area contributed by atoms with Crippen molar-refractivity contribution in [3.05, 3.63) is 24.5 Å². The number of hydrogen-bond acceptors (Lipinski definition) is 6. The Labute approximate surface area is 143 Å². The van der Waals surface area contributed by atoms with Gasteiger partial charge in [0.05, 0.1) is 17.0 Å². The van der Waals surface area contributed by atoms with Gasteiger partial charge in [-0.3, -0.25) is 4.79 Å². The van der Waals surface area contributed by atoms with Gasteiger partial charge in [-0.2, -0.15) is 5.26 Å². The quantitative estimate of drug-likeness (QED) is 0.750. The first-order chi connectivity index (χ1) is 12.3. The van der Waals surface area contributed by atoms with Gasteiger partial charge in [0.25, 0.3) is 0 Å². The lowest BCUT2D eigenvalue weighted by Crippen LogP contribution is -2.48.